The van der Waals surface area contributed by atoms with Gasteiger partial charge in [0.15, 0.2) is 0 Å². The van der Waals surface area contributed by atoms with E-state index in [1.165, 1.54) is 12.6 Å². The first-order valence-corrected chi connectivity index (χ1v) is 9.13. The Labute approximate surface area is 146 Å². The van der Waals surface area contributed by atoms with E-state index in [2.05, 4.69) is 22.8 Å². The fraction of sp³-hybridized carbons (Fsp3) is 0.500. The predicted octanol–water partition coefficient (Wildman–Crippen LogP) is 2.47. The van der Waals surface area contributed by atoms with Gasteiger partial charge in [-0.3, -0.25) is 9.59 Å². The van der Waals surface area contributed by atoms with Crippen LogP contribution in [-0.4, -0.2) is 41.0 Å². The maximum Gasteiger partial charge on any atom is 0.319 e. The summed E-state index contributed by atoms with van der Waals surface area (Å²) in [5, 5.41) is 1.16. The Morgan fingerprint density at radius 2 is 2.16 bits per heavy atom. The lowest BCUT2D eigenvalue weighted by Gasteiger charge is -2.56. The van der Waals surface area contributed by atoms with Gasteiger partial charge >= 0.3 is 5.97 Å². The Hall–Kier alpha value is -2.30. The Balaban J connectivity index is 1.81. The number of fused-ring (bicyclic) bond motifs is 4. The van der Waals surface area contributed by atoms with Crippen LogP contribution >= 0.6 is 0 Å². The smallest absolute Gasteiger partial charge is 0.319 e. The molecule has 0 unspecified atom stereocenters. The highest BCUT2D eigenvalue weighted by molar-refractivity contribution is 5.91. The monoisotopic (exact) mass is 338 g/mol. The summed E-state index contributed by atoms with van der Waals surface area (Å²) in [7, 11) is 1.47. The number of para-hydroxylation sites is 1. The van der Waals surface area contributed by atoms with Crippen molar-refractivity contribution in [2.24, 2.45) is 5.92 Å². The SMILES string of the molecule is COC(=O)[C@@]12CCCN3C(=O)CC[C@@H](Cn4c1cc1ccccc14)[C@H]32. The van der Waals surface area contributed by atoms with Gasteiger partial charge in [0.2, 0.25) is 5.91 Å². The topological polar surface area (TPSA) is 51.5 Å². The third kappa shape index (κ3) is 1.78. The van der Waals surface area contributed by atoms with Gasteiger partial charge in [-0.1, -0.05) is 18.2 Å². The van der Waals surface area contributed by atoms with E-state index in [0.29, 0.717) is 12.3 Å². The number of benzene rings is 1. The summed E-state index contributed by atoms with van der Waals surface area (Å²) in [5.41, 5.74) is 1.47. The molecule has 0 saturated carbocycles. The molecule has 0 radical (unpaired) electrons. The van der Waals surface area contributed by atoms with Crippen LogP contribution in [0.25, 0.3) is 10.9 Å². The molecular weight excluding hydrogens is 316 g/mol. The van der Waals surface area contributed by atoms with Crippen molar-refractivity contribution in [3.05, 3.63) is 36.0 Å². The van der Waals surface area contributed by atoms with Crippen molar-refractivity contribution < 1.29 is 14.3 Å². The van der Waals surface area contributed by atoms with E-state index in [1.54, 1.807) is 0 Å². The molecule has 5 rings (SSSR count). The molecule has 3 aliphatic heterocycles. The second-order valence-corrected chi connectivity index (χ2v) is 7.60. The molecule has 2 saturated heterocycles. The number of hydrogen-bond donors (Lipinski definition) is 0. The third-order valence-corrected chi connectivity index (χ3v) is 6.54. The van der Waals surface area contributed by atoms with Gasteiger partial charge in [0.25, 0.3) is 0 Å². The maximum atomic E-state index is 13.1. The van der Waals surface area contributed by atoms with Gasteiger partial charge in [-0.15, -0.1) is 0 Å². The van der Waals surface area contributed by atoms with Crippen LogP contribution in [0, 0.1) is 5.92 Å². The molecule has 130 valence electrons. The molecule has 1 aromatic carbocycles. The minimum Gasteiger partial charge on any atom is -0.468 e. The minimum atomic E-state index is -0.731. The summed E-state index contributed by atoms with van der Waals surface area (Å²) in [5.74, 6) is 0.310. The third-order valence-electron chi connectivity index (χ3n) is 6.54. The molecule has 25 heavy (non-hydrogen) atoms. The molecule has 5 heteroatoms. The Morgan fingerprint density at radius 3 is 3.00 bits per heavy atom. The number of amides is 1. The first kappa shape index (κ1) is 15.0. The molecule has 0 N–H and O–H groups in total. The van der Waals surface area contributed by atoms with Crippen molar-refractivity contribution in [2.75, 3.05) is 13.7 Å². The average molecular weight is 338 g/mol. The van der Waals surface area contributed by atoms with Crippen molar-refractivity contribution in [2.45, 2.75) is 43.7 Å². The largest absolute Gasteiger partial charge is 0.468 e. The zero-order valence-electron chi connectivity index (χ0n) is 14.4. The number of ether oxygens (including phenoxy) is 1. The van der Waals surface area contributed by atoms with E-state index in [-0.39, 0.29) is 17.9 Å². The first-order chi connectivity index (χ1) is 12.2. The Kier molecular flexibility index (Phi) is 3.06. The number of carbonyl (C=O) groups excluding carboxylic acids is 2. The summed E-state index contributed by atoms with van der Waals surface area (Å²) < 4.78 is 7.63. The van der Waals surface area contributed by atoms with E-state index >= 15 is 0 Å². The second-order valence-electron chi connectivity index (χ2n) is 7.60. The van der Waals surface area contributed by atoms with Crippen LogP contribution in [0.5, 0.6) is 0 Å². The lowest BCUT2D eigenvalue weighted by Crippen LogP contribution is -2.68. The molecule has 5 nitrogen and oxygen atoms in total. The number of aromatic nitrogens is 1. The number of nitrogens with zero attached hydrogens (tertiary/aromatic N) is 2. The van der Waals surface area contributed by atoms with Crippen LogP contribution in [0.2, 0.25) is 0 Å². The first-order valence-electron chi connectivity index (χ1n) is 9.13. The molecule has 2 aromatic rings. The quantitative estimate of drug-likeness (QED) is 0.751. The molecule has 0 aliphatic carbocycles. The van der Waals surface area contributed by atoms with Crippen molar-refractivity contribution in [1.29, 1.82) is 0 Å². The molecule has 1 aromatic heterocycles. The van der Waals surface area contributed by atoms with Gasteiger partial charge in [-0.05, 0) is 42.7 Å². The summed E-state index contributed by atoms with van der Waals surface area (Å²) in [6.45, 7) is 1.63. The summed E-state index contributed by atoms with van der Waals surface area (Å²) in [6.07, 6.45) is 3.03. The lowest BCUT2D eigenvalue weighted by molar-refractivity contribution is -0.164. The standard InChI is InChI=1S/C20H22N2O3/c1-25-19(24)20-9-4-10-21-17(23)8-7-14(18(20)21)12-22-15-6-3-2-5-13(15)11-16(20)22/h2-3,5-6,11,14,18H,4,7-10,12H2,1H3/t14-,18-,20-/m0/s1. The van der Waals surface area contributed by atoms with Gasteiger partial charge in [-0.25, -0.2) is 0 Å². The number of rotatable bonds is 1. The van der Waals surface area contributed by atoms with Crippen LogP contribution in [0.4, 0.5) is 0 Å². The van der Waals surface area contributed by atoms with E-state index in [4.69, 9.17) is 4.74 Å². The Bertz CT molecular complexity index is 886. The lowest BCUT2D eigenvalue weighted by atomic mass is 9.62. The number of esters is 1. The number of piperidine rings is 2. The summed E-state index contributed by atoms with van der Waals surface area (Å²) >= 11 is 0. The van der Waals surface area contributed by atoms with Crippen molar-refractivity contribution in [3.63, 3.8) is 0 Å². The number of carbonyl (C=O) groups is 2. The van der Waals surface area contributed by atoms with E-state index in [9.17, 15) is 9.59 Å². The van der Waals surface area contributed by atoms with Gasteiger partial charge in [0, 0.05) is 30.7 Å². The second kappa shape index (κ2) is 5.10. The van der Waals surface area contributed by atoms with Gasteiger partial charge < -0.3 is 14.2 Å². The van der Waals surface area contributed by atoms with E-state index in [1.807, 2.05) is 17.0 Å². The van der Waals surface area contributed by atoms with Crippen LogP contribution in [0.1, 0.15) is 31.4 Å². The summed E-state index contributed by atoms with van der Waals surface area (Å²) in [4.78, 5) is 27.7. The van der Waals surface area contributed by atoms with E-state index < -0.39 is 5.41 Å². The van der Waals surface area contributed by atoms with E-state index in [0.717, 1.165) is 43.4 Å². The molecule has 2 fully saturated rings. The van der Waals surface area contributed by atoms with Gasteiger partial charge in [0.1, 0.15) is 5.41 Å². The number of hydrogen-bond acceptors (Lipinski definition) is 3. The highest BCUT2D eigenvalue weighted by Crippen LogP contribution is 2.51. The molecular formula is C20H22N2O3. The zero-order valence-corrected chi connectivity index (χ0v) is 14.4. The predicted molar refractivity (Wildman–Crippen MR) is 93.1 cm³/mol. The zero-order chi connectivity index (χ0) is 17.2. The molecule has 0 bridgehead atoms. The van der Waals surface area contributed by atoms with Gasteiger partial charge in [-0.2, -0.15) is 0 Å². The van der Waals surface area contributed by atoms with Crippen molar-refractivity contribution in [3.8, 4) is 0 Å². The number of methoxy groups -OCH3 is 1. The maximum absolute atomic E-state index is 13.1. The van der Waals surface area contributed by atoms with Crippen LogP contribution in [-0.2, 0) is 26.3 Å². The summed E-state index contributed by atoms with van der Waals surface area (Å²) in [6, 6.07) is 10.4. The Morgan fingerprint density at radius 1 is 1.32 bits per heavy atom. The van der Waals surface area contributed by atoms with Gasteiger partial charge in [0.05, 0.1) is 13.2 Å². The van der Waals surface area contributed by atoms with Crippen molar-refractivity contribution in [1.82, 2.24) is 9.47 Å². The minimum absolute atomic E-state index is 0.0632. The molecule has 4 heterocycles. The highest BCUT2D eigenvalue weighted by atomic mass is 16.5. The molecule has 0 spiro atoms. The van der Waals surface area contributed by atoms with Crippen LogP contribution in [0.3, 0.4) is 0 Å². The molecule has 3 aliphatic rings. The van der Waals surface area contributed by atoms with Crippen molar-refractivity contribution >= 4 is 22.8 Å². The highest BCUT2D eigenvalue weighted by Gasteiger charge is 2.61. The fourth-order valence-corrected chi connectivity index (χ4v) is 5.62. The van der Waals surface area contributed by atoms with Crippen LogP contribution < -0.4 is 0 Å². The average Bonchev–Trinajstić information content (AvgIpc) is 3.03. The fourth-order valence-electron chi connectivity index (χ4n) is 5.62. The molecule has 1 amide bonds. The van der Waals surface area contributed by atoms with Crippen LogP contribution in [0.15, 0.2) is 30.3 Å². The normalized spacial score (nSPS) is 30.8. The molecule has 3 atom stereocenters.